The highest BCUT2D eigenvalue weighted by Gasteiger charge is 2.06. The smallest absolute Gasteiger partial charge is 0.175 e. The molecule has 0 radical (unpaired) electrons. The summed E-state index contributed by atoms with van der Waals surface area (Å²) in [5.41, 5.74) is 3.07. The van der Waals surface area contributed by atoms with E-state index in [1.165, 1.54) is 11.8 Å². The molecule has 112 valence electrons. The van der Waals surface area contributed by atoms with Gasteiger partial charge >= 0.3 is 0 Å². The van der Waals surface area contributed by atoms with Crippen molar-refractivity contribution < 1.29 is 8.42 Å². The first kappa shape index (κ1) is 15.9. The Bertz CT molecular complexity index is 696. The molecule has 0 spiro atoms. The normalized spacial score (nSPS) is 11.3. The molecule has 5 heteroatoms. The van der Waals surface area contributed by atoms with E-state index in [9.17, 15) is 8.42 Å². The summed E-state index contributed by atoms with van der Waals surface area (Å²) in [5.74, 6) is 0.657. The van der Waals surface area contributed by atoms with Gasteiger partial charge < -0.3 is 5.32 Å². The number of anilines is 2. The highest BCUT2D eigenvalue weighted by atomic mass is 35.5. The Morgan fingerprint density at radius 3 is 2.38 bits per heavy atom. The van der Waals surface area contributed by atoms with E-state index in [4.69, 9.17) is 11.6 Å². The molecule has 1 N–H and O–H groups in total. The maximum Gasteiger partial charge on any atom is 0.175 e. The quantitative estimate of drug-likeness (QED) is 0.817. The lowest BCUT2D eigenvalue weighted by Crippen LogP contribution is -1.97. The third-order valence-corrected chi connectivity index (χ3v) is 4.49. The van der Waals surface area contributed by atoms with E-state index >= 15 is 0 Å². The van der Waals surface area contributed by atoms with E-state index in [0.29, 0.717) is 10.8 Å². The first-order valence-electron chi connectivity index (χ1n) is 6.71. The van der Waals surface area contributed by atoms with Crippen LogP contribution < -0.4 is 5.32 Å². The number of alkyl halides is 1. The SMILES string of the molecule is CS(=O)(=O)c1ccc(Nc2cccc(CCCCl)c2)cc1. The number of nitrogens with one attached hydrogen (secondary N) is 1. The molecule has 2 aromatic carbocycles. The van der Waals surface area contributed by atoms with Crippen LogP contribution in [0.5, 0.6) is 0 Å². The van der Waals surface area contributed by atoms with Gasteiger partial charge in [0.2, 0.25) is 0 Å². The molecule has 3 nitrogen and oxygen atoms in total. The van der Waals surface area contributed by atoms with Crippen LogP contribution in [0.1, 0.15) is 12.0 Å². The second kappa shape index (κ2) is 6.96. The van der Waals surface area contributed by atoms with Crippen molar-refractivity contribution in [3.63, 3.8) is 0 Å². The largest absolute Gasteiger partial charge is 0.356 e. The Morgan fingerprint density at radius 2 is 1.76 bits per heavy atom. The van der Waals surface area contributed by atoms with Crippen molar-refractivity contribution in [2.75, 3.05) is 17.5 Å². The highest BCUT2D eigenvalue weighted by molar-refractivity contribution is 7.90. The summed E-state index contributed by atoms with van der Waals surface area (Å²) < 4.78 is 22.8. The summed E-state index contributed by atoms with van der Waals surface area (Å²) in [4.78, 5) is 0.323. The molecule has 0 aliphatic rings. The van der Waals surface area contributed by atoms with Crippen LogP contribution in [0, 0.1) is 0 Å². The van der Waals surface area contributed by atoms with Crippen LogP contribution >= 0.6 is 11.6 Å². The summed E-state index contributed by atoms with van der Waals surface area (Å²) in [6.07, 6.45) is 3.11. The number of hydrogen-bond donors (Lipinski definition) is 1. The van der Waals surface area contributed by atoms with Crippen LogP contribution in [0.25, 0.3) is 0 Å². The zero-order valence-electron chi connectivity index (χ0n) is 11.8. The molecule has 0 amide bonds. The van der Waals surface area contributed by atoms with Crippen molar-refractivity contribution >= 4 is 32.8 Å². The Morgan fingerprint density at radius 1 is 1.05 bits per heavy atom. The van der Waals surface area contributed by atoms with Crippen LogP contribution in [-0.4, -0.2) is 20.6 Å². The van der Waals surface area contributed by atoms with Crippen LogP contribution in [0.15, 0.2) is 53.4 Å². The fraction of sp³-hybridized carbons (Fsp3) is 0.250. The van der Waals surface area contributed by atoms with Gasteiger partial charge in [-0.2, -0.15) is 0 Å². The number of rotatable bonds is 6. The summed E-state index contributed by atoms with van der Waals surface area (Å²) in [6.45, 7) is 0. The first-order valence-corrected chi connectivity index (χ1v) is 9.14. The number of aryl methyl sites for hydroxylation is 1. The van der Waals surface area contributed by atoms with Gasteiger partial charge in [-0.3, -0.25) is 0 Å². The second-order valence-corrected chi connectivity index (χ2v) is 7.31. The Labute approximate surface area is 130 Å². The van der Waals surface area contributed by atoms with E-state index in [1.807, 2.05) is 12.1 Å². The monoisotopic (exact) mass is 323 g/mol. The summed E-state index contributed by atoms with van der Waals surface area (Å²) >= 11 is 5.71. The van der Waals surface area contributed by atoms with Crippen LogP contribution in [-0.2, 0) is 16.3 Å². The molecule has 0 unspecified atom stereocenters. The standard InChI is InChI=1S/C16H18ClNO2S/c1-21(19,20)16-9-7-14(8-10-16)18-15-6-2-4-13(12-15)5-3-11-17/h2,4,6-10,12,18H,3,5,11H2,1H3. The predicted octanol–water partition coefficient (Wildman–Crippen LogP) is 4.01. The summed E-state index contributed by atoms with van der Waals surface area (Å²) in [6, 6.07) is 14.9. The Hall–Kier alpha value is -1.52. The Kier molecular flexibility index (Phi) is 5.26. The third-order valence-electron chi connectivity index (χ3n) is 3.10. The molecule has 0 aromatic heterocycles. The van der Waals surface area contributed by atoms with Crippen molar-refractivity contribution in [2.45, 2.75) is 17.7 Å². The zero-order chi connectivity index (χ0) is 15.3. The summed E-state index contributed by atoms with van der Waals surface area (Å²) in [7, 11) is -3.15. The van der Waals surface area contributed by atoms with Gasteiger partial charge in [-0.1, -0.05) is 12.1 Å². The van der Waals surface area contributed by atoms with Gasteiger partial charge in [0, 0.05) is 23.5 Å². The van der Waals surface area contributed by atoms with Crippen LogP contribution in [0.2, 0.25) is 0 Å². The molecule has 2 aromatic rings. The van der Waals surface area contributed by atoms with Gasteiger partial charge in [-0.25, -0.2) is 8.42 Å². The first-order chi connectivity index (χ1) is 9.99. The number of hydrogen-bond acceptors (Lipinski definition) is 3. The van der Waals surface area contributed by atoms with Crippen molar-refractivity contribution in [3.05, 3.63) is 54.1 Å². The molecule has 0 fully saturated rings. The molecule has 0 bridgehead atoms. The van der Waals surface area contributed by atoms with Crippen molar-refractivity contribution in [2.24, 2.45) is 0 Å². The van der Waals surface area contributed by atoms with Gasteiger partial charge in [0.1, 0.15) is 0 Å². The second-order valence-electron chi connectivity index (χ2n) is 4.91. The van der Waals surface area contributed by atoms with E-state index in [2.05, 4.69) is 17.4 Å². The van der Waals surface area contributed by atoms with Gasteiger partial charge in [0.05, 0.1) is 4.90 Å². The minimum Gasteiger partial charge on any atom is -0.356 e. The molecule has 0 aliphatic carbocycles. The van der Waals surface area contributed by atoms with E-state index < -0.39 is 9.84 Å². The predicted molar refractivity (Wildman–Crippen MR) is 88.3 cm³/mol. The molecule has 0 saturated heterocycles. The lowest BCUT2D eigenvalue weighted by Gasteiger charge is -2.09. The molecular formula is C16H18ClNO2S. The number of halogens is 1. The van der Waals surface area contributed by atoms with Crippen molar-refractivity contribution in [1.29, 1.82) is 0 Å². The number of benzene rings is 2. The van der Waals surface area contributed by atoms with E-state index in [1.54, 1.807) is 24.3 Å². The topological polar surface area (TPSA) is 46.2 Å². The summed E-state index contributed by atoms with van der Waals surface area (Å²) in [5, 5.41) is 3.27. The van der Waals surface area contributed by atoms with E-state index in [-0.39, 0.29) is 0 Å². The third kappa shape index (κ3) is 4.76. The van der Waals surface area contributed by atoms with Crippen LogP contribution in [0.3, 0.4) is 0 Å². The lowest BCUT2D eigenvalue weighted by molar-refractivity contribution is 0.602. The molecule has 0 heterocycles. The average molecular weight is 324 g/mol. The zero-order valence-corrected chi connectivity index (χ0v) is 13.4. The molecule has 0 aliphatic heterocycles. The number of sulfone groups is 1. The fourth-order valence-electron chi connectivity index (χ4n) is 2.03. The highest BCUT2D eigenvalue weighted by Crippen LogP contribution is 2.20. The maximum atomic E-state index is 11.4. The van der Waals surface area contributed by atoms with E-state index in [0.717, 1.165) is 24.2 Å². The molecular weight excluding hydrogens is 306 g/mol. The Balaban J connectivity index is 2.11. The van der Waals surface area contributed by atoms with Gasteiger partial charge in [0.25, 0.3) is 0 Å². The maximum absolute atomic E-state index is 11.4. The van der Waals surface area contributed by atoms with Crippen molar-refractivity contribution in [1.82, 2.24) is 0 Å². The molecule has 0 atom stereocenters. The minimum atomic E-state index is -3.15. The molecule has 0 saturated carbocycles. The molecule has 21 heavy (non-hydrogen) atoms. The fourth-order valence-corrected chi connectivity index (χ4v) is 2.79. The van der Waals surface area contributed by atoms with Gasteiger partial charge in [-0.15, -0.1) is 11.6 Å². The minimum absolute atomic E-state index is 0.323. The lowest BCUT2D eigenvalue weighted by atomic mass is 10.1. The van der Waals surface area contributed by atoms with Crippen molar-refractivity contribution in [3.8, 4) is 0 Å². The average Bonchev–Trinajstić information content (AvgIpc) is 2.45. The molecule has 2 rings (SSSR count). The van der Waals surface area contributed by atoms with Crippen LogP contribution in [0.4, 0.5) is 11.4 Å². The van der Waals surface area contributed by atoms with Gasteiger partial charge in [-0.05, 0) is 54.8 Å². The van der Waals surface area contributed by atoms with Gasteiger partial charge in [0.15, 0.2) is 9.84 Å².